The molecule has 6 heteroatoms. The molecule has 4 aromatic rings. The zero-order chi connectivity index (χ0) is 25.8. The van der Waals surface area contributed by atoms with Crippen molar-refractivity contribution < 1.29 is 19.1 Å². The molecule has 0 atom stereocenters. The van der Waals surface area contributed by atoms with Gasteiger partial charge in [-0.1, -0.05) is 20.8 Å². The number of thiophene rings is 2. The van der Waals surface area contributed by atoms with Crippen LogP contribution in [0.4, 0.5) is 0 Å². The van der Waals surface area contributed by atoms with Crippen molar-refractivity contribution >= 4 is 54.4 Å². The summed E-state index contributed by atoms with van der Waals surface area (Å²) >= 11 is 3.10. The number of aryl methyl sites for hydroxylation is 2. The predicted molar refractivity (Wildman–Crippen MR) is 152 cm³/mol. The van der Waals surface area contributed by atoms with Crippen LogP contribution in [0.1, 0.15) is 76.9 Å². The number of fused-ring (bicyclic) bond motifs is 2. The molecular formula is C30H34O4S2. The fourth-order valence-electron chi connectivity index (χ4n) is 4.57. The highest BCUT2D eigenvalue weighted by molar-refractivity contribution is 7.21. The molecule has 0 N–H and O–H groups in total. The number of ketones is 2. The van der Waals surface area contributed by atoms with Crippen molar-refractivity contribution in [1.82, 2.24) is 0 Å². The largest absolute Gasteiger partial charge is 0.496 e. The van der Waals surface area contributed by atoms with E-state index >= 15 is 0 Å². The molecule has 0 spiro atoms. The minimum atomic E-state index is 0.210. The Bertz CT molecular complexity index is 1390. The van der Waals surface area contributed by atoms with Gasteiger partial charge in [0.1, 0.15) is 11.5 Å². The van der Waals surface area contributed by atoms with Gasteiger partial charge in [0.05, 0.1) is 24.0 Å². The first-order valence-electron chi connectivity index (χ1n) is 12.6. The summed E-state index contributed by atoms with van der Waals surface area (Å²) in [5.41, 5.74) is 2.29. The summed E-state index contributed by atoms with van der Waals surface area (Å²) in [7, 11) is 3.40. The van der Waals surface area contributed by atoms with Gasteiger partial charge in [0, 0.05) is 22.2 Å². The SMILES string of the molecule is CCCC(=O)c1cc2cc(CCCc3cc4cc(C(=O)CC(C)C)sc4cc3OC)c(OC)cc2s1. The zero-order valence-corrected chi connectivity index (χ0v) is 23.4. The van der Waals surface area contributed by atoms with Gasteiger partial charge in [-0.3, -0.25) is 9.59 Å². The highest BCUT2D eigenvalue weighted by atomic mass is 32.1. The average molecular weight is 523 g/mol. The fraction of sp³-hybridized carbons (Fsp3) is 0.400. The Labute approximate surface area is 221 Å². The molecule has 0 amide bonds. The zero-order valence-electron chi connectivity index (χ0n) is 21.7. The van der Waals surface area contributed by atoms with E-state index in [0.717, 1.165) is 78.2 Å². The van der Waals surface area contributed by atoms with Crippen molar-refractivity contribution in [3.8, 4) is 11.5 Å². The Morgan fingerprint density at radius 1 is 0.778 bits per heavy atom. The topological polar surface area (TPSA) is 52.6 Å². The number of Topliss-reactive ketones (excluding diaryl/α,β-unsaturated/α-hetero) is 2. The van der Waals surface area contributed by atoms with Gasteiger partial charge in [0.15, 0.2) is 11.6 Å². The van der Waals surface area contributed by atoms with Gasteiger partial charge >= 0.3 is 0 Å². The predicted octanol–water partition coefficient (Wildman–Crippen LogP) is 8.52. The molecule has 4 rings (SSSR count). The van der Waals surface area contributed by atoms with Crippen LogP contribution in [-0.2, 0) is 12.8 Å². The van der Waals surface area contributed by atoms with Crippen LogP contribution in [-0.4, -0.2) is 25.8 Å². The van der Waals surface area contributed by atoms with Gasteiger partial charge in [-0.2, -0.15) is 0 Å². The number of methoxy groups -OCH3 is 2. The minimum Gasteiger partial charge on any atom is -0.496 e. The monoisotopic (exact) mass is 522 g/mol. The Morgan fingerprint density at radius 2 is 1.28 bits per heavy atom. The van der Waals surface area contributed by atoms with Crippen molar-refractivity contribution in [2.24, 2.45) is 5.92 Å². The van der Waals surface area contributed by atoms with Crippen molar-refractivity contribution in [3.05, 3.63) is 57.3 Å². The van der Waals surface area contributed by atoms with Crippen molar-refractivity contribution in [3.63, 3.8) is 0 Å². The third kappa shape index (κ3) is 5.81. The first-order valence-corrected chi connectivity index (χ1v) is 14.2. The van der Waals surface area contributed by atoms with Crippen LogP contribution in [0.15, 0.2) is 36.4 Å². The van der Waals surface area contributed by atoms with Gasteiger partial charge in [-0.05, 0) is 89.9 Å². The van der Waals surface area contributed by atoms with Crippen molar-refractivity contribution in [2.75, 3.05) is 14.2 Å². The van der Waals surface area contributed by atoms with E-state index in [1.807, 2.05) is 19.1 Å². The Hall–Kier alpha value is -2.70. The van der Waals surface area contributed by atoms with Crippen molar-refractivity contribution in [2.45, 2.75) is 59.3 Å². The second-order valence-corrected chi connectivity index (χ2v) is 11.8. The summed E-state index contributed by atoms with van der Waals surface area (Å²) in [6, 6.07) is 12.5. The van der Waals surface area contributed by atoms with Gasteiger partial charge in [-0.15, -0.1) is 22.7 Å². The normalized spacial score (nSPS) is 11.5. The van der Waals surface area contributed by atoms with Gasteiger partial charge in [-0.25, -0.2) is 0 Å². The summed E-state index contributed by atoms with van der Waals surface area (Å²) in [6.45, 7) is 6.17. The molecule has 0 saturated heterocycles. The molecule has 2 aromatic heterocycles. The van der Waals surface area contributed by atoms with Crippen molar-refractivity contribution in [1.29, 1.82) is 0 Å². The van der Waals surface area contributed by atoms with Crippen LogP contribution < -0.4 is 9.47 Å². The minimum absolute atomic E-state index is 0.210. The summed E-state index contributed by atoms with van der Waals surface area (Å²) in [5.74, 6) is 2.51. The maximum atomic E-state index is 12.6. The lowest BCUT2D eigenvalue weighted by atomic mass is 10.0. The van der Waals surface area contributed by atoms with E-state index in [9.17, 15) is 9.59 Å². The van der Waals surface area contributed by atoms with Crippen LogP contribution in [0.25, 0.3) is 20.2 Å². The molecule has 0 aliphatic carbocycles. The maximum Gasteiger partial charge on any atom is 0.173 e. The third-order valence-corrected chi connectivity index (χ3v) is 8.63. The smallest absolute Gasteiger partial charge is 0.173 e. The number of carbonyl (C=O) groups is 2. The van der Waals surface area contributed by atoms with E-state index < -0.39 is 0 Å². The highest BCUT2D eigenvalue weighted by Crippen LogP contribution is 2.36. The Morgan fingerprint density at radius 3 is 1.72 bits per heavy atom. The number of benzene rings is 2. The van der Waals surface area contributed by atoms with E-state index in [2.05, 4.69) is 38.1 Å². The molecule has 0 saturated carbocycles. The molecule has 0 aliphatic heterocycles. The number of rotatable bonds is 12. The molecule has 0 aliphatic rings. The molecule has 2 aromatic carbocycles. The van der Waals surface area contributed by atoms with E-state index in [-0.39, 0.29) is 11.6 Å². The summed E-state index contributed by atoms with van der Waals surface area (Å²) in [6.07, 6.45) is 4.66. The second-order valence-electron chi connectivity index (χ2n) is 9.67. The van der Waals surface area contributed by atoms with Crippen LogP contribution in [0, 0.1) is 5.92 Å². The molecule has 2 heterocycles. The number of hydrogen-bond donors (Lipinski definition) is 0. The molecule has 36 heavy (non-hydrogen) atoms. The number of carbonyl (C=O) groups excluding carboxylic acids is 2. The first kappa shape index (κ1) is 26.4. The average Bonchev–Trinajstić information content (AvgIpc) is 3.46. The van der Waals surface area contributed by atoms with Crippen LogP contribution in [0.5, 0.6) is 11.5 Å². The molecule has 0 bridgehead atoms. The highest BCUT2D eigenvalue weighted by Gasteiger charge is 2.16. The fourth-order valence-corrected chi connectivity index (χ4v) is 6.63. The molecular weight excluding hydrogens is 488 g/mol. The van der Waals surface area contributed by atoms with E-state index in [1.54, 1.807) is 36.9 Å². The summed E-state index contributed by atoms with van der Waals surface area (Å²) < 4.78 is 13.6. The maximum absolute atomic E-state index is 12.6. The lowest BCUT2D eigenvalue weighted by Gasteiger charge is -2.11. The van der Waals surface area contributed by atoms with E-state index in [1.165, 1.54) is 0 Å². The molecule has 0 fully saturated rings. The van der Waals surface area contributed by atoms with Crippen LogP contribution >= 0.6 is 22.7 Å². The lowest BCUT2D eigenvalue weighted by molar-refractivity contribution is 0.0968. The molecule has 190 valence electrons. The van der Waals surface area contributed by atoms with E-state index in [4.69, 9.17) is 9.47 Å². The number of ether oxygens (including phenoxy) is 2. The first-order chi connectivity index (χ1) is 17.3. The summed E-state index contributed by atoms with van der Waals surface area (Å²) in [5, 5.41) is 2.20. The molecule has 0 radical (unpaired) electrons. The van der Waals surface area contributed by atoms with Gasteiger partial charge in [0.25, 0.3) is 0 Å². The third-order valence-electron chi connectivity index (χ3n) is 6.35. The molecule has 4 nitrogen and oxygen atoms in total. The van der Waals surface area contributed by atoms with Gasteiger partial charge < -0.3 is 9.47 Å². The van der Waals surface area contributed by atoms with E-state index in [0.29, 0.717) is 18.8 Å². The second kappa shape index (κ2) is 11.6. The summed E-state index contributed by atoms with van der Waals surface area (Å²) in [4.78, 5) is 26.6. The Kier molecular flexibility index (Phi) is 8.47. The van der Waals surface area contributed by atoms with Crippen LogP contribution in [0.2, 0.25) is 0 Å². The van der Waals surface area contributed by atoms with Gasteiger partial charge in [0.2, 0.25) is 0 Å². The number of hydrogen-bond acceptors (Lipinski definition) is 6. The standard InChI is InChI=1S/C30H34O4S2/c1-6-8-23(31)29-14-21-12-19(25(33-4)16-27(21)35-29)9-7-10-20-13-22-15-30(24(32)11-18(2)3)36-28(22)17-26(20)34-5/h12-18H,6-11H2,1-5H3. The Balaban J connectivity index is 1.52. The lowest BCUT2D eigenvalue weighted by Crippen LogP contribution is -2.00. The quantitative estimate of drug-likeness (QED) is 0.175. The molecule has 0 unspecified atom stereocenters. The van der Waals surface area contributed by atoms with Crippen LogP contribution in [0.3, 0.4) is 0 Å².